The van der Waals surface area contributed by atoms with Crippen LogP contribution < -0.4 is 16.0 Å². The number of non-ortho nitro benzene ring substituents is 1. The summed E-state index contributed by atoms with van der Waals surface area (Å²) in [4.78, 5) is 34.2. The highest BCUT2D eigenvalue weighted by Gasteiger charge is 2.30. The fourth-order valence-electron chi connectivity index (χ4n) is 3.26. The number of benzene rings is 3. The molecule has 0 saturated carbocycles. The van der Waals surface area contributed by atoms with E-state index in [4.69, 9.17) is 0 Å². The maximum absolute atomic E-state index is 12.8. The molecule has 3 aromatic rings. The number of hydrogen-bond acceptors (Lipinski definition) is 5. The number of nitrogens with zero attached hydrogens (tertiary/aromatic N) is 1. The number of carbonyl (C=O) groups is 2. The van der Waals surface area contributed by atoms with E-state index in [1.807, 2.05) is 30.3 Å². The highest BCUT2D eigenvalue weighted by molar-refractivity contribution is 6.37. The average Bonchev–Trinajstić information content (AvgIpc) is 3.09. The molecular formula is C22H16N4O4. The van der Waals surface area contributed by atoms with Crippen molar-refractivity contribution in [2.24, 2.45) is 0 Å². The van der Waals surface area contributed by atoms with Crippen molar-refractivity contribution in [3.8, 4) is 0 Å². The monoisotopic (exact) mass is 400 g/mol. The third kappa shape index (κ3) is 3.61. The number of hydrogen-bond donors (Lipinski definition) is 3. The van der Waals surface area contributed by atoms with Crippen molar-refractivity contribution in [2.75, 3.05) is 16.0 Å². The molecule has 2 amide bonds. The first-order valence-electron chi connectivity index (χ1n) is 9.04. The molecule has 1 heterocycles. The van der Waals surface area contributed by atoms with Crippen molar-refractivity contribution in [1.29, 1.82) is 0 Å². The fourth-order valence-corrected chi connectivity index (χ4v) is 3.26. The molecule has 0 fully saturated rings. The van der Waals surface area contributed by atoms with Crippen molar-refractivity contribution in [2.45, 2.75) is 0 Å². The van der Waals surface area contributed by atoms with E-state index in [0.717, 1.165) is 5.56 Å². The summed E-state index contributed by atoms with van der Waals surface area (Å²) in [6, 6.07) is 20.5. The predicted octanol–water partition coefficient (Wildman–Crippen LogP) is 4.10. The number of nitrogens with one attached hydrogen (secondary N) is 3. The lowest BCUT2D eigenvalue weighted by molar-refractivity contribution is -0.384. The molecule has 1 aliphatic rings. The average molecular weight is 400 g/mol. The van der Waals surface area contributed by atoms with E-state index in [0.29, 0.717) is 40.3 Å². The predicted molar refractivity (Wildman–Crippen MR) is 115 cm³/mol. The van der Waals surface area contributed by atoms with Crippen LogP contribution in [0.5, 0.6) is 0 Å². The summed E-state index contributed by atoms with van der Waals surface area (Å²) in [5, 5.41) is 19.8. The molecule has 0 unspecified atom stereocenters. The number of nitro benzene ring substituents is 1. The molecular weight excluding hydrogens is 384 g/mol. The van der Waals surface area contributed by atoms with Crippen LogP contribution in [0.4, 0.5) is 22.7 Å². The summed E-state index contributed by atoms with van der Waals surface area (Å²) in [7, 11) is 0. The van der Waals surface area contributed by atoms with Gasteiger partial charge in [0, 0.05) is 34.8 Å². The standard InChI is InChI=1S/C22H16N4O4/c27-13-23-15-6-8-16(9-7-15)24-21(14-4-2-1-3-5-14)20-18-12-17(26(29)30)10-11-19(18)25-22(20)28/h1-13,24H,(H,23,27)(H,25,28)/b21-20-. The Labute approximate surface area is 171 Å². The molecule has 4 rings (SSSR count). The molecule has 0 spiro atoms. The number of anilines is 3. The Hall–Kier alpha value is -4.46. The van der Waals surface area contributed by atoms with Gasteiger partial charge in [-0.2, -0.15) is 0 Å². The molecule has 0 aliphatic carbocycles. The molecule has 3 aromatic carbocycles. The zero-order chi connectivity index (χ0) is 21.1. The van der Waals surface area contributed by atoms with E-state index in [1.165, 1.54) is 18.2 Å². The molecule has 0 bridgehead atoms. The van der Waals surface area contributed by atoms with Gasteiger partial charge in [0.25, 0.3) is 11.6 Å². The fraction of sp³-hybridized carbons (Fsp3) is 0. The van der Waals surface area contributed by atoms with Crippen LogP contribution in [0.1, 0.15) is 11.1 Å². The van der Waals surface area contributed by atoms with Crippen LogP contribution in [0.25, 0.3) is 11.3 Å². The van der Waals surface area contributed by atoms with Gasteiger partial charge in [-0.1, -0.05) is 30.3 Å². The SMILES string of the molecule is O=CNc1ccc(N/C(=C2\C(=O)Nc3ccc([N+](=O)[O-])cc32)c2ccccc2)cc1. The Morgan fingerprint density at radius 3 is 2.33 bits per heavy atom. The Kier molecular flexibility index (Phi) is 4.96. The molecule has 0 saturated heterocycles. The van der Waals surface area contributed by atoms with Gasteiger partial charge in [-0.15, -0.1) is 0 Å². The van der Waals surface area contributed by atoms with E-state index in [1.54, 1.807) is 24.3 Å². The lowest BCUT2D eigenvalue weighted by Crippen LogP contribution is -2.10. The summed E-state index contributed by atoms with van der Waals surface area (Å²) in [5.41, 5.74) is 3.77. The minimum absolute atomic E-state index is 0.0977. The first-order valence-corrected chi connectivity index (χ1v) is 9.04. The minimum atomic E-state index is -0.491. The number of nitro groups is 1. The quantitative estimate of drug-likeness (QED) is 0.250. The molecule has 8 heteroatoms. The highest BCUT2D eigenvalue weighted by Crippen LogP contribution is 2.39. The normalized spacial score (nSPS) is 13.8. The summed E-state index contributed by atoms with van der Waals surface area (Å²) in [6.45, 7) is 0. The number of carbonyl (C=O) groups excluding carboxylic acids is 2. The van der Waals surface area contributed by atoms with Gasteiger partial charge in [-0.05, 0) is 35.9 Å². The summed E-state index contributed by atoms with van der Waals surface area (Å²) in [6.07, 6.45) is 0.590. The molecule has 148 valence electrons. The Bertz CT molecular complexity index is 1170. The second-order valence-corrected chi connectivity index (χ2v) is 6.52. The van der Waals surface area contributed by atoms with E-state index < -0.39 is 4.92 Å². The van der Waals surface area contributed by atoms with E-state index in [9.17, 15) is 19.7 Å². The maximum Gasteiger partial charge on any atom is 0.270 e. The Morgan fingerprint density at radius 1 is 0.967 bits per heavy atom. The van der Waals surface area contributed by atoms with Crippen LogP contribution in [0.2, 0.25) is 0 Å². The summed E-state index contributed by atoms with van der Waals surface area (Å²) < 4.78 is 0. The molecule has 8 nitrogen and oxygen atoms in total. The smallest absolute Gasteiger partial charge is 0.270 e. The Morgan fingerprint density at radius 2 is 1.67 bits per heavy atom. The zero-order valence-electron chi connectivity index (χ0n) is 15.6. The maximum atomic E-state index is 12.8. The van der Waals surface area contributed by atoms with Gasteiger partial charge in [0.1, 0.15) is 0 Å². The van der Waals surface area contributed by atoms with E-state index >= 15 is 0 Å². The van der Waals surface area contributed by atoms with Gasteiger partial charge in [0.05, 0.1) is 16.2 Å². The van der Waals surface area contributed by atoms with Crippen LogP contribution in [-0.2, 0) is 9.59 Å². The van der Waals surface area contributed by atoms with Crippen LogP contribution in [0, 0.1) is 10.1 Å². The third-order valence-electron chi connectivity index (χ3n) is 4.65. The van der Waals surface area contributed by atoms with Crippen LogP contribution >= 0.6 is 0 Å². The minimum Gasteiger partial charge on any atom is -0.354 e. The lowest BCUT2D eigenvalue weighted by Gasteiger charge is -2.15. The van der Waals surface area contributed by atoms with Crippen molar-refractivity contribution in [1.82, 2.24) is 0 Å². The highest BCUT2D eigenvalue weighted by atomic mass is 16.6. The van der Waals surface area contributed by atoms with Crippen molar-refractivity contribution >= 4 is 46.3 Å². The second-order valence-electron chi connectivity index (χ2n) is 6.52. The molecule has 0 radical (unpaired) electrons. The number of fused-ring (bicyclic) bond motifs is 1. The van der Waals surface area contributed by atoms with Gasteiger partial charge in [0.15, 0.2) is 0 Å². The number of rotatable bonds is 6. The molecule has 3 N–H and O–H groups in total. The van der Waals surface area contributed by atoms with Gasteiger partial charge in [0.2, 0.25) is 6.41 Å². The van der Waals surface area contributed by atoms with E-state index in [2.05, 4.69) is 16.0 Å². The van der Waals surface area contributed by atoms with Gasteiger partial charge in [-0.25, -0.2) is 0 Å². The zero-order valence-corrected chi connectivity index (χ0v) is 15.6. The number of amides is 2. The molecule has 30 heavy (non-hydrogen) atoms. The van der Waals surface area contributed by atoms with Crippen molar-refractivity contribution in [3.05, 3.63) is 94.0 Å². The lowest BCUT2D eigenvalue weighted by atomic mass is 9.99. The first kappa shape index (κ1) is 18.9. The van der Waals surface area contributed by atoms with Crippen molar-refractivity contribution < 1.29 is 14.5 Å². The molecule has 1 aliphatic heterocycles. The summed E-state index contributed by atoms with van der Waals surface area (Å²) in [5.74, 6) is -0.351. The van der Waals surface area contributed by atoms with Crippen LogP contribution in [-0.4, -0.2) is 17.2 Å². The second kappa shape index (κ2) is 7.88. The largest absolute Gasteiger partial charge is 0.354 e. The van der Waals surface area contributed by atoms with Gasteiger partial charge < -0.3 is 16.0 Å². The topological polar surface area (TPSA) is 113 Å². The Balaban J connectivity index is 1.85. The first-order chi connectivity index (χ1) is 14.6. The molecule has 0 aromatic heterocycles. The van der Waals surface area contributed by atoms with Gasteiger partial charge >= 0.3 is 0 Å². The van der Waals surface area contributed by atoms with Crippen LogP contribution in [0.15, 0.2) is 72.8 Å². The summed E-state index contributed by atoms with van der Waals surface area (Å²) >= 11 is 0. The molecule has 0 atom stereocenters. The van der Waals surface area contributed by atoms with E-state index in [-0.39, 0.29) is 11.6 Å². The van der Waals surface area contributed by atoms with Gasteiger partial charge in [-0.3, -0.25) is 19.7 Å². The third-order valence-corrected chi connectivity index (χ3v) is 4.65. The van der Waals surface area contributed by atoms with Crippen LogP contribution in [0.3, 0.4) is 0 Å². The van der Waals surface area contributed by atoms with Crippen molar-refractivity contribution in [3.63, 3.8) is 0 Å².